The molecule has 0 spiro atoms. The largest absolute Gasteiger partial charge is 0.370 e. The van der Waals surface area contributed by atoms with Crippen LogP contribution in [0.5, 0.6) is 0 Å². The van der Waals surface area contributed by atoms with Crippen molar-refractivity contribution in [3.8, 4) is 0 Å². The molecule has 120 valence electrons. The molecule has 1 aliphatic heterocycles. The Balaban J connectivity index is 1.84. The molecule has 0 aliphatic carbocycles. The molecule has 24 heavy (non-hydrogen) atoms. The predicted molar refractivity (Wildman–Crippen MR) is 97.7 cm³/mol. The number of benzene rings is 2. The van der Waals surface area contributed by atoms with Gasteiger partial charge in [0.25, 0.3) is 0 Å². The summed E-state index contributed by atoms with van der Waals surface area (Å²) in [5.74, 6) is 0.0223. The fraction of sp³-hybridized carbons (Fsp3) is 0.0556. The van der Waals surface area contributed by atoms with Crippen molar-refractivity contribution in [2.75, 3.05) is 5.32 Å². The van der Waals surface area contributed by atoms with Gasteiger partial charge in [-0.2, -0.15) is 0 Å². The number of rotatable bonds is 2. The topological polar surface area (TPSA) is 112 Å². The first kappa shape index (κ1) is 14.3. The zero-order valence-corrected chi connectivity index (χ0v) is 12.8. The predicted octanol–water partition coefficient (Wildman–Crippen LogP) is 2.36. The van der Waals surface area contributed by atoms with E-state index in [1.54, 1.807) is 0 Å². The van der Waals surface area contributed by atoms with Gasteiger partial charge in [-0.05, 0) is 30.3 Å². The quantitative estimate of drug-likeness (QED) is 0.368. The van der Waals surface area contributed by atoms with Crippen LogP contribution in [0.25, 0.3) is 22.6 Å². The van der Waals surface area contributed by atoms with Gasteiger partial charge < -0.3 is 26.9 Å². The van der Waals surface area contributed by atoms with Gasteiger partial charge in [0.15, 0.2) is 12.2 Å². The van der Waals surface area contributed by atoms with E-state index in [2.05, 4.69) is 15.3 Å². The number of aliphatic imine (C=N–C) groups is 1. The molecule has 0 saturated carbocycles. The third-order valence-electron chi connectivity index (χ3n) is 4.09. The number of guanidine groups is 1. The fourth-order valence-corrected chi connectivity index (χ4v) is 3.03. The highest BCUT2D eigenvalue weighted by molar-refractivity contribution is 6.00. The number of fused-ring (bicyclic) bond motifs is 2. The van der Waals surface area contributed by atoms with Crippen LogP contribution in [0.4, 0.5) is 11.4 Å². The Hall–Kier alpha value is -3.25. The lowest BCUT2D eigenvalue weighted by molar-refractivity contribution is 0.266. The summed E-state index contributed by atoms with van der Waals surface area (Å²) in [4.78, 5) is 7.31. The zero-order chi connectivity index (χ0) is 16.7. The minimum atomic E-state index is -0.728. The molecule has 4 rings (SSSR count). The van der Waals surface area contributed by atoms with Crippen molar-refractivity contribution in [1.82, 2.24) is 4.98 Å². The summed E-state index contributed by atoms with van der Waals surface area (Å²) in [6.45, 7) is 0. The molecule has 0 amide bonds. The molecular weight excluding hydrogens is 302 g/mol. The highest BCUT2D eigenvalue weighted by Gasteiger charge is 2.23. The Kier molecular flexibility index (Phi) is 3.25. The fourth-order valence-electron chi connectivity index (χ4n) is 3.03. The summed E-state index contributed by atoms with van der Waals surface area (Å²) >= 11 is 0. The maximum absolute atomic E-state index is 10.3. The van der Waals surface area contributed by atoms with E-state index >= 15 is 0 Å². The number of aromatic amines is 1. The van der Waals surface area contributed by atoms with Crippen LogP contribution in [-0.4, -0.2) is 22.3 Å². The van der Waals surface area contributed by atoms with Crippen molar-refractivity contribution in [1.29, 1.82) is 0 Å². The van der Waals surface area contributed by atoms with Crippen LogP contribution >= 0.6 is 0 Å². The van der Waals surface area contributed by atoms with E-state index in [0.29, 0.717) is 5.69 Å². The normalized spacial score (nSPS) is 17.7. The Labute approximate surface area is 138 Å². The first-order valence-electron chi connectivity index (χ1n) is 7.58. The number of anilines is 1. The summed E-state index contributed by atoms with van der Waals surface area (Å²) < 4.78 is 0. The van der Waals surface area contributed by atoms with Gasteiger partial charge in [-0.25, -0.2) is 4.99 Å². The van der Waals surface area contributed by atoms with E-state index in [0.717, 1.165) is 33.3 Å². The molecule has 2 heterocycles. The molecule has 3 aromatic rings. The number of para-hydroxylation sites is 1. The summed E-state index contributed by atoms with van der Waals surface area (Å²) in [6, 6.07) is 13.5. The molecule has 0 fully saturated rings. The SMILES string of the molecule is NC(N)=Nc1ccc2[nH]cc(C=C3c4ccccc4NC3O)c2c1. The van der Waals surface area contributed by atoms with E-state index in [4.69, 9.17) is 11.5 Å². The van der Waals surface area contributed by atoms with E-state index in [1.807, 2.05) is 54.7 Å². The standard InChI is InChI=1S/C18H17N5O/c19-18(20)22-11-5-6-15-13(8-11)10(9-21-15)7-14-12-3-1-2-4-16(12)23-17(14)24/h1-9,17,21,23-24H,(H4,19,20,22). The number of nitrogens with zero attached hydrogens (tertiary/aromatic N) is 1. The first-order valence-corrected chi connectivity index (χ1v) is 7.58. The number of hydrogen-bond donors (Lipinski definition) is 5. The lowest BCUT2D eigenvalue weighted by Gasteiger charge is -2.05. The summed E-state index contributed by atoms with van der Waals surface area (Å²) in [6.07, 6.45) is 3.15. The molecule has 1 aromatic heterocycles. The third kappa shape index (κ3) is 2.39. The number of aliphatic hydroxyl groups excluding tert-OH is 1. The van der Waals surface area contributed by atoms with Crippen LogP contribution in [-0.2, 0) is 0 Å². The van der Waals surface area contributed by atoms with Crippen LogP contribution in [0.3, 0.4) is 0 Å². The molecular formula is C18H17N5O. The van der Waals surface area contributed by atoms with Crippen molar-refractivity contribution in [3.63, 3.8) is 0 Å². The molecule has 1 unspecified atom stereocenters. The van der Waals surface area contributed by atoms with Crippen LogP contribution in [0, 0.1) is 0 Å². The number of aromatic nitrogens is 1. The van der Waals surface area contributed by atoms with Gasteiger partial charge in [-0.15, -0.1) is 0 Å². The molecule has 2 aromatic carbocycles. The van der Waals surface area contributed by atoms with Gasteiger partial charge in [0, 0.05) is 39.5 Å². The van der Waals surface area contributed by atoms with Gasteiger partial charge in [0.1, 0.15) is 0 Å². The second-order valence-corrected chi connectivity index (χ2v) is 5.70. The van der Waals surface area contributed by atoms with E-state index in [1.165, 1.54) is 0 Å². The lowest BCUT2D eigenvalue weighted by Crippen LogP contribution is -2.21. The maximum Gasteiger partial charge on any atom is 0.191 e. The van der Waals surface area contributed by atoms with Crippen LogP contribution in [0.1, 0.15) is 11.1 Å². The van der Waals surface area contributed by atoms with E-state index in [-0.39, 0.29) is 5.96 Å². The molecule has 0 bridgehead atoms. The second-order valence-electron chi connectivity index (χ2n) is 5.70. The molecule has 6 nitrogen and oxygen atoms in total. The molecule has 1 aliphatic rings. The van der Waals surface area contributed by atoms with Crippen molar-refractivity contribution < 1.29 is 5.11 Å². The van der Waals surface area contributed by atoms with Gasteiger partial charge >= 0.3 is 0 Å². The molecule has 7 N–H and O–H groups in total. The highest BCUT2D eigenvalue weighted by atomic mass is 16.3. The minimum Gasteiger partial charge on any atom is -0.370 e. The van der Waals surface area contributed by atoms with E-state index < -0.39 is 6.23 Å². The average Bonchev–Trinajstić information content (AvgIpc) is 3.09. The number of H-pyrrole nitrogens is 1. The van der Waals surface area contributed by atoms with Crippen LogP contribution < -0.4 is 16.8 Å². The van der Waals surface area contributed by atoms with Crippen molar-refractivity contribution >= 4 is 39.9 Å². The average molecular weight is 319 g/mol. The monoisotopic (exact) mass is 319 g/mol. The molecule has 6 heteroatoms. The number of nitrogens with one attached hydrogen (secondary N) is 2. The van der Waals surface area contributed by atoms with E-state index in [9.17, 15) is 5.11 Å². The third-order valence-corrected chi connectivity index (χ3v) is 4.09. The smallest absolute Gasteiger partial charge is 0.191 e. The Bertz CT molecular complexity index is 982. The molecule has 0 radical (unpaired) electrons. The van der Waals surface area contributed by atoms with Crippen molar-refractivity contribution in [2.24, 2.45) is 16.5 Å². The van der Waals surface area contributed by atoms with Gasteiger partial charge in [-0.1, -0.05) is 18.2 Å². The minimum absolute atomic E-state index is 0.0223. The highest BCUT2D eigenvalue weighted by Crippen LogP contribution is 2.36. The maximum atomic E-state index is 10.3. The summed E-state index contributed by atoms with van der Waals surface area (Å²) in [5, 5.41) is 14.4. The summed E-state index contributed by atoms with van der Waals surface area (Å²) in [7, 11) is 0. The molecule has 0 saturated heterocycles. The Morgan fingerprint density at radius 1 is 1.17 bits per heavy atom. The van der Waals surface area contributed by atoms with Gasteiger partial charge in [-0.3, -0.25) is 0 Å². The first-order chi connectivity index (χ1) is 11.6. The van der Waals surface area contributed by atoms with Crippen LogP contribution in [0.15, 0.2) is 53.7 Å². The van der Waals surface area contributed by atoms with Crippen LogP contribution in [0.2, 0.25) is 0 Å². The Morgan fingerprint density at radius 3 is 2.83 bits per heavy atom. The van der Waals surface area contributed by atoms with Gasteiger partial charge in [0.05, 0.1) is 5.69 Å². The number of aliphatic hydroxyl groups is 1. The van der Waals surface area contributed by atoms with Crippen molar-refractivity contribution in [2.45, 2.75) is 6.23 Å². The van der Waals surface area contributed by atoms with Gasteiger partial charge in [0.2, 0.25) is 0 Å². The second kappa shape index (κ2) is 5.43. The summed E-state index contributed by atoms with van der Waals surface area (Å²) in [5.41, 5.74) is 16.3. The number of nitrogens with two attached hydrogens (primary N) is 2. The Morgan fingerprint density at radius 2 is 2.00 bits per heavy atom. The zero-order valence-electron chi connectivity index (χ0n) is 12.8. The molecule has 1 atom stereocenters. The number of hydrogen-bond acceptors (Lipinski definition) is 3. The van der Waals surface area contributed by atoms with Crippen molar-refractivity contribution in [3.05, 3.63) is 59.8 Å². The lowest BCUT2D eigenvalue weighted by atomic mass is 10.0.